The second-order valence-electron chi connectivity index (χ2n) is 12.6. The molecule has 0 saturated heterocycles. The van der Waals surface area contributed by atoms with Crippen LogP contribution >= 0.6 is 0 Å². The monoisotopic (exact) mass is 456 g/mol. The SMILES string of the molecule is C=C(C)[C@H](O)CC[C@@H](C)[C@H]1CC[C@@]2(C)C3=CC[C@@H](C(=C)C)[C@](C)(CCC(=O)O)[C@@H]3CC[C@]12C. The lowest BCUT2D eigenvalue weighted by atomic mass is 9.44. The van der Waals surface area contributed by atoms with Crippen molar-refractivity contribution in [1.29, 1.82) is 0 Å². The van der Waals surface area contributed by atoms with Gasteiger partial charge in [0.25, 0.3) is 0 Å². The predicted octanol–water partition coefficient (Wildman–Crippen LogP) is 7.57. The second kappa shape index (κ2) is 9.36. The zero-order valence-corrected chi connectivity index (χ0v) is 22.0. The molecular formula is C30H48O3. The summed E-state index contributed by atoms with van der Waals surface area (Å²) >= 11 is 0. The third-order valence-electron chi connectivity index (χ3n) is 10.8. The molecule has 0 spiro atoms. The normalized spacial score (nSPS) is 39.7. The molecule has 2 fully saturated rings. The van der Waals surface area contributed by atoms with Gasteiger partial charge in [-0.2, -0.15) is 0 Å². The lowest BCUT2D eigenvalue weighted by Crippen LogP contribution is -2.52. The first-order chi connectivity index (χ1) is 15.3. The maximum Gasteiger partial charge on any atom is 0.303 e. The van der Waals surface area contributed by atoms with Gasteiger partial charge in [0, 0.05) is 6.42 Å². The Labute approximate surface area is 202 Å². The van der Waals surface area contributed by atoms with E-state index in [0.29, 0.717) is 23.7 Å². The Morgan fingerprint density at radius 2 is 1.82 bits per heavy atom. The van der Waals surface area contributed by atoms with Gasteiger partial charge in [-0.05, 0) is 105 Å². The van der Waals surface area contributed by atoms with Gasteiger partial charge in [0.15, 0.2) is 0 Å². The lowest BCUT2D eigenvalue weighted by Gasteiger charge is -2.60. The zero-order chi connectivity index (χ0) is 24.8. The number of allylic oxidation sites excluding steroid dienone is 3. The molecule has 0 unspecified atom stereocenters. The molecule has 3 nitrogen and oxygen atoms in total. The molecule has 0 aromatic rings. The highest BCUT2D eigenvalue weighted by molar-refractivity contribution is 5.66. The Morgan fingerprint density at radius 3 is 2.39 bits per heavy atom. The van der Waals surface area contributed by atoms with E-state index in [1.807, 2.05) is 6.92 Å². The summed E-state index contributed by atoms with van der Waals surface area (Å²) < 4.78 is 0. The number of fused-ring (bicyclic) bond motifs is 3. The van der Waals surface area contributed by atoms with Gasteiger partial charge >= 0.3 is 5.97 Å². The molecule has 2 N–H and O–H groups in total. The first-order valence-electron chi connectivity index (χ1n) is 13.2. The maximum atomic E-state index is 11.5. The lowest BCUT2D eigenvalue weighted by molar-refractivity contribution is -0.138. The molecule has 0 aliphatic heterocycles. The van der Waals surface area contributed by atoms with E-state index < -0.39 is 5.97 Å². The number of rotatable bonds is 9. The smallest absolute Gasteiger partial charge is 0.303 e. The standard InChI is InChI=1S/C30H48O3/c1-19(2)22-10-11-25-24(28(22,6)16-15-27(32)33)14-18-29(7)23(13-17-30(25,29)8)21(5)9-12-26(31)20(3)4/h11,21-24,26,31H,1,3,9-10,12-18H2,2,4-8H3,(H,32,33)/t21-,22+,23-,24-,26-,28+,29-,30+/m1/s1. The first-order valence-corrected chi connectivity index (χ1v) is 13.2. The number of aliphatic carboxylic acids is 1. The highest BCUT2D eigenvalue weighted by Crippen LogP contribution is 2.72. The van der Waals surface area contributed by atoms with Crippen LogP contribution in [0.1, 0.15) is 99.3 Å². The van der Waals surface area contributed by atoms with Crippen molar-refractivity contribution in [3.05, 3.63) is 36.0 Å². The predicted molar refractivity (Wildman–Crippen MR) is 137 cm³/mol. The van der Waals surface area contributed by atoms with Crippen molar-refractivity contribution >= 4 is 5.97 Å². The van der Waals surface area contributed by atoms with Gasteiger partial charge in [-0.3, -0.25) is 4.79 Å². The Hall–Kier alpha value is -1.35. The van der Waals surface area contributed by atoms with Crippen LogP contribution in [0.2, 0.25) is 0 Å². The molecule has 186 valence electrons. The van der Waals surface area contributed by atoms with Gasteiger partial charge in [0.1, 0.15) is 0 Å². The van der Waals surface area contributed by atoms with Crippen LogP contribution in [0.25, 0.3) is 0 Å². The van der Waals surface area contributed by atoms with E-state index >= 15 is 0 Å². The molecule has 0 aromatic carbocycles. The Balaban J connectivity index is 1.89. The number of hydrogen-bond acceptors (Lipinski definition) is 2. The van der Waals surface area contributed by atoms with Gasteiger partial charge in [-0.15, -0.1) is 0 Å². The number of carboxylic acid groups (broad SMARTS) is 1. The van der Waals surface area contributed by atoms with Crippen molar-refractivity contribution in [1.82, 2.24) is 0 Å². The number of aliphatic hydroxyl groups is 1. The highest BCUT2D eigenvalue weighted by Gasteiger charge is 2.63. The summed E-state index contributed by atoms with van der Waals surface area (Å²) in [6.45, 7) is 22.1. The van der Waals surface area contributed by atoms with E-state index in [2.05, 4.69) is 53.9 Å². The molecular weight excluding hydrogens is 408 g/mol. The molecule has 0 amide bonds. The van der Waals surface area contributed by atoms with Crippen LogP contribution in [0.4, 0.5) is 0 Å². The summed E-state index contributed by atoms with van der Waals surface area (Å²) in [4.78, 5) is 11.5. The largest absolute Gasteiger partial charge is 0.481 e. The molecule has 0 aromatic heterocycles. The van der Waals surface area contributed by atoms with E-state index in [9.17, 15) is 15.0 Å². The number of hydrogen-bond donors (Lipinski definition) is 2. The molecule has 3 aliphatic carbocycles. The van der Waals surface area contributed by atoms with Gasteiger partial charge in [-0.1, -0.05) is 63.6 Å². The summed E-state index contributed by atoms with van der Waals surface area (Å²) in [5, 5.41) is 19.8. The topological polar surface area (TPSA) is 57.5 Å². The van der Waals surface area contributed by atoms with Crippen LogP contribution in [0.3, 0.4) is 0 Å². The first kappa shape index (κ1) is 26.3. The molecule has 0 heterocycles. The van der Waals surface area contributed by atoms with Crippen molar-refractivity contribution in [3.8, 4) is 0 Å². The minimum absolute atomic E-state index is 0.0338. The molecule has 2 saturated carbocycles. The van der Waals surface area contributed by atoms with E-state index in [0.717, 1.165) is 37.7 Å². The molecule has 8 atom stereocenters. The zero-order valence-electron chi connectivity index (χ0n) is 22.0. The molecule has 3 rings (SSSR count). The van der Waals surface area contributed by atoms with Crippen molar-refractivity contribution in [3.63, 3.8) is 0 Å². The second-order valence-corrected chi connectivity index (χ2v) is 12.6. The number of carboxylic acids is 1. The van der Waals surface area contributed by atoms with Gasteiger partial charge in [0.2, 0.25) is 0 Å². The van der Waals surface area contributed by atoms with E-state index in [-0.39, 0.29) is 28.8 Å². The maximum absolute atomic E-state index is 11.5. The summed E-state index contributed by atoms with van der Waals surface area (Å²) in [5.74, 6) is 1.35. The Morgan fingerprint density at radius 1 is 1.15 bits per heavy atom. The van der Waals surface area contributed by atoms with Gasteiger partial charge in [-0.25, -0.2) is 0 Å². The fourth-order valence-corrected chi connectivity index (χ4v) is 8.46. The Kier molecular flexibility index (Phi) is 7.45. The van der Waals surface area contributed by atoms with Crippen LogP contribution in [0, 0.1) is 39.9 Å². The summed E-state index contributed by atoms with van der Waals surface area (Å²) in [6.07, 6.45) is 10.8. The van der Waals surface area contributed by atoms with Crippen LogP contribution in [0.5, 0.6) is 0 Å². The third-order valence-corrected chi connectivity index (χ3v) is 10.8. The quantitative estimate of drug-likeness (QED) is 0.352. The fourth-order valence-electron chi connectivity index (χ4n) is 8.46. The van der Waals surface area contributed by atoms with Crippen LogP contribution in [-0.4, -0.2) is 22.3 Å². The molecule has 3 aliphatic rings. The van der Waals surface area contributed by atoms with Crippen LogP contribution in [0.15, 0.2) is 36.0 Å². The molecule has 3 heteroatoms. The number of aliphatic hydroxyl groups excluding tert-OH is 1. The van der Waals surface area contributed by atoms with E-state index in [1.54, 1.807) is 5.57 Å². The van der Waals surface area contributed by atoms with Gasteiger partial charge < -0.3 is 10.2 Å². The van der Waals surface area contributed by atoms with Crippen LogP contribution < -0.4 is 0 Å². The van der Waals surface area contributed by atoms with Crippen molar-refractivity contribution in [2.45, 2.75) is 105 Å². The minimum atomic E-state index is -0.689. The van der Waals surface area contributed by atoms with Crippen molar-refractivity contribution in [2.75, 3.05) is 0 Å². The van der Waals surface area contributed by atoms with Crippen molar-refractivity contribution in [2.24, 2.45) is 39.9 Å². The fraction of sp³-hybridized carbons (Fsp3) is 0.767. The summed E-state index contributed by atoms with van der Waals surface area (Å²) in [7, 11) is 0. The number of carbonyl (C=O) groups is 1. The molecule has 0 bridgehead atoms. The minimum Gasteiger partial charge on any atom is -0.481 e. The molecule has 33 heavy (non-hydrogen) atoms. The third kappa shape index (κ3) is 4.40. The average molecular weight is 457 g/mol. The van der Waals surface area contributed by atoms with E-state index in [1.165, 1.54) is 24.8 Å². The van der Waals surface area contributed by atoms with Crippen LogP contribution in [-0.2, 0) is 4.79 Å². The van der Waals surface area contributed by atoms with E-state index in [4.69, 9.17) is 0 Å². The Bertz CT molecular complexity index is 824. The van der Waals surface area contributed by atoms with Gasteiger partial charge in [0.05, 0.1) is 6.10 Å². The summed E-state index contributed by atoms with van der Waals surface area (Å²) in [6, 6.07) is 0. The summed E-state index contributed by atoms with van der Waals surface area (Å²) in [5.41, 5.74) is 4.08. The van der Waals surface area contributed by atoms with Crippen molar-refractivity contribution < 1.29 is 15.0 Å². The average Bonchev–Trinajstić information content (AvgIpc) is 3.01. The highest BCUT2D eigenvalue weighted by atomic mass is 16.4. The molecule has 0 radical (unpaired) electrons.